The van der Waals surface area contributed by atoms with E-state index in [1.807, 2.05) is 36.5 Å². The van der Waals surface area contributed by atoms with Crippen molar-refractivity contribution in [3.05, 3.63) is 89.5 Å². The van der Waals surface area contributed by atoms with Crippen LogP contribution in [-0.4, -0.2) is 46.0 Å². The van der Waals surface area contributed by atoms with Gasteiger partial charge in [0.25, 0.3) is 0 Å². The number of likely N-dealkylation sites (tertiary alicyclic amines) is 1. The monoisotopic (exact) mass is 592 g/mol. The summed E-state index contributed by atoms with van der Waals surface area (Å²) in [6.07, 6.45) is 27.0. The van der Waals surface area contributed by atoms with Gasteiger partial charge in [0.15, 0.2) is 5.60 Å². The Morgan fingerprint density at radius 3 is 2.11 bits per heavy atom. The van der Waals surface area contributed by atoms with Crippen molar-refractivity contribution in [2.24, 2.45) is 0 Å². The van der Waals surface area contributed by atoms with E-state index < -0.39 is 21.4 Å². The zero-order valence-corrected chi connectivity index (χ0v) is 24.1. The average Bonchev–Trinajstić information content (AvgIpc) is 2.89. The summed E-state index contributed by atoms with van der Waals surface area (Å²) in [5.74, 6) is 2.73. The molecule has 0 saturated carbocycles. The summed E-state index contributed by atoms with van der Waals surface area (Å²) in [4.78, 5) is 13.5. The number of hydrogen-bond donors (Lipinski definition) is 1. The molecule has 1 fully saturated rings. The minimum absolute atomic E-state index is 0. The highest BCUT2D eigenvalue weighted by molar-refractivity contribution is 6.33. The number of amides is 1. The fourth-order valence-electron chi connectivity index (χ4n) is 4.93. The topological polar surface area (TPSA) is 41.6 Å². The summed E-state index contributed by atoms with van der Waals surface area (Å²) in [5, 5.41) is 3.31. The van der Waals surface area contributed by atoms with Gasteiger partial charge < -0.3 is 9.64 Å². The number of benzene rings is 1. The van der Waals surface area contributed by atoms with E-state index >= 15 is 0 Å². The van der Waals surface area contributed by atoms with Crippen molar-refractivity contribution >= 4 is 59.0 Å². The van der Waals surface area contributed by atoms with Crippen LogP contribution in [0.15, 0.2) is 84.5 Å². The first kappa shape index (κ1) is 30.4. The summed E-state index contributed by atoms with van der Waals surface area (Å²) in [6, 6.07) is 6.83. The molecule has 0 radical (unpaired) electrons. The number of alkyl halides is 2. The Hall–Kier alpha value is -2.13. The number of carbonyl (C=O) groups is 1. The van der Waals surface area contributed by atoms with Gasteiger partial charge in [0.05, 0.1) is 9.75 Å². The lowest BCUT2D eigenvalue weighted by atomic mass is 9.79. The molecule has 1 aromatic rings. The molecule has 4 rings (SSSR count). The van der Waals surface area contributed by atoms with Crippen LogP contribution in [0.2, 0.25) is 5.02 Å². The second kappa shape index (κ2) is 13.3. The van der Waals surface area contributed by atoms with Crippen molar-refractivity contribution in [1.29, 1.82) is 0 Å². The lowest BCUT2D eigenvalue weighted by Crippen LogP contribution is -2.47. The summed E-state index contributed by atoms with van der Waals surface area (Å²) >= 11 is 20.1. The van der Waals surface area contributed by atoms with Gasteiger partial charge in [-0.2, -0.15) is 0 Å². The highest BCUT2D eigenvalue weighted by atomic mass is 35.5. The Morgan fingerprint density at radius 1 is 1.03 bits per heavy atom. The summed E-state index contributed by atoms with van der Waals surface area (Å²) in [6.45, 7) is 2.29. The van der Waals surface area contributed by atoms with Crippen molar-refractivity contribution < 1.29 is 9.53 Å². The Kier molecular flexibility index (Phi) is 10.6. The highest BCUT2D eigenvalue weighted by Gasteiger charge is 2.41. The number of nitrogens with one attached hydrogen (secondary N) is 1. The van der Waals surface area contributed by atoms with Gasteiger partial charge in [0.2, 0.25) is 0 Å². The van der Waals surface area contributed by atoms with E-state index in [9.17, 15) is 4.79 Å². The van der Waals surface area contributed by atoms with Gasteiger partial charge in [0.1, 0.15) is 0 Å². The minimum atomic E-state index is -0.924. The van der Waals surface area contributed by atoms with E-state index in [0.29, 0.717) is 36.4 Å². The molecule has 2 atom stereocenters. The number of anilines is 1. The SMILES string of the molecule is C#CC1(OC(=O)Nc2ccc(Cl)cc2)CCN(CCC=C(C2(Cl)C=CC=CC2)C2(Cl)C=CC=CC2)CC1.Cl. The van der Waals surface area contributed by atoms with E-state index in [1.165, 1.54) is 0 Å². The number of piperidine rings is 1. The second-order valence-electron chi connectivity index (χ2n) is 9.62. The first-order valence-electron chi connectivity index (χ1n) is 12.5. The van der Waals surface area contributed by atoms with Crippen molar-refractivity contribution in [3.63, 3.8) is 0 Å². The van der Waals surface area contributed by atoms with Crippen LogP contribution in [-0.2, 0) is 4.74 Å². The molecular formula is C30H32Cl4N2O2. The van der Waals surface area contributed by atoms with Gasteiger partial charge >= 0.3 is 6.09 Å². The first-order chi connectivity index (χ1) is 17.8. The summed E-state index contributed by atoms with van der Waals surface area (Å²) in [5.41, 5.74) is 0.691. The van der Waals surface area contributed by atoms with Crippen molar-refractivity contribution in [3.8, 4) is 12.3 Å². The molecule has 1 aromatic carbocycles. The summed E-state index contributed by atoms with van der Waals surface area (Å²) in [7, 11) is 0. The van der Waals surface area contributed by atoms with Crippen LogP contribution < -0.4 is 5.32 Å². The lowest BCUT2D eigenvalue weighted by molar-refractivity contribution is 0.0126. The number of ether oxygens (including phenoxy) is 1. The standard InChI is InChI=1S/C30H31Cl3N2O2.ClH/c1-2-28(37-27(36)34-25-13-11-24(31)12-14-25)19-22-35(23-20-28)21-9-10-26(29(32)15-5-3-6-16-29)30(33)17-7-4-8-18-30;/h1,3-8,10-15,17H,9,16,18-23H2,(H,34,36);1H. The van der Waals surface area contributed by atoms with Crippen LogP contribution in [0.25, 0.3) is 0 Å². The largest absolute Gasteiger partial charge is 0.429 e. The maximum Gasteiger partial charge on any atom is 0.413 e. The molecule has 1 aliphatic heterocycles. The van der Waals surface area contributed by atoms with Crippen LogP contribution in [0.5, 0.6) is 0 Å². The van der Waals surface area contributed by atoms with Crippen molar-refractivity contribution in [2.45, 2.75) is 47.5 Å². The van der Waals surface area contributed by atoms with E-state index in [-0.39, 0.29) is 12.4 Å². The molecule has 2 unspecified atom stereocenters. The Bertz CT molecular complexity index is 1140. The zero-order valence-electron chi connectivity index (χ0n) is 21.0. The van der Waals surface area contributed by atoms with Gasteiger partial charge in [-0.15, -0.1) is 42.0 Å². The first-order valence-corrected chi connectivity index (χ1v) is 13.6. The van der Waals surface area contributed by atoms with Gasteiger partial charge in [-0.25, -0.2) is 4.79 Å². The fraction of sp³-hybridized carbons (Fsp3) is 0.367. The van der Waals surface area contributed by atoms with Gasteiger partial charge in [-0.1, -0.05) is 72.2 Å². The third-order valence-corrected chi connectivity index (χ3v) is 8.26. The maximum atomic E-state index is 12.5. The van der Waals surface area contributed by atoms with Gasteiger partial charge in [-0.3, -0.25) is 5.32 Å². The molecule has 0 bridgehead atoms. The van der Waals surface area contributed by atoms with Crippen LogP contribution in [0, 0.1) is 12.3 Å². The minimum Gasteiger partial charge on any atom is -0.429 e. The molecule has 2 aliphatic carbocycles. The van der Waals surface area contributed by atoms with Crippen molar-refractivity contribution in [2.75, 3.05) is 25.0 Å². The molecule has 1 N–H and O–H groups in total. The quantitative estimate of drug-likeness (QED) is 0.197. The van der Waals surface area contributed by atoms with Gasteiger partial charge in [-0.05, 0) is 49.1 Å². The average molecular weight is 594 g/mol. The molecule has 1 saturated heterocycles. The molecule has 1 heterocycles. The Morgan fingerprint density at radius 2 is 1.61 bits per heavy atom. The normalized spacial score (nSPS) is 25.6. The number of terminal acetylenes is 1. The predicted octanol–water partition coefficient (Wildman–Crippen LogP) is 8.08. The number of carbonyl (C=O) groups excluding carboxylic acids is 1. The van der Waals surface area contributed by atoms with Crippen LogP contribution >= 0.6 is 47.2 Å². The van der Waals surface area contributed by atoms with E-state index in [0.717, 1.165) is 31.6 Å². The third-order valence-electron chi connectivity index (χ3n) is 7.04. The lowest BCUT2D eigenvalue weighted by Gasteiger charge is -2.39. The molecule has 0 aromatic heterocycles. The predicted molar refractivity (Wildman–Crippen MR) is 162 cm³/mol. The number of nitrogens with zero attached hydrogens (tertiary/aromatic N) is 1. The molecular weight excluding hydrogens is 562 g/mol. The smallest absolute Gasteiger partial charge is 0.413 e. The summed E-state index contributed by atoms with van der Waals surface area (Å²) < 4.78 is 5.72. The maximum absolute atomic E-state index is 12.5. The second-order valence-corrected chi connectivity index (χ2v) is 11.4. The molecule has 4 nitrogen and oxygen atoms in total. The third kappa shape index (κ3) is 7.50. The van der Waals surface area contributed by atoms with Gasteiger partial charge in [0, 0.05) is 43.2 Å². The molecule has 3 aliphatic rings. The van der Waals surface area contributed by atoms with E-state index in [1.54, 1.807) is 24.3 Å². The van der Waals surface area contributed by atoms with Crippen LogP contribution in [0.3, 0.4) is 0 Å². The van der Waals surface area contributed by atoms with Crippen molar-refractivity contribution in [1.82, 2.24) is 4.90 Å². The fourth-order valence-corrected chi connectivity index (χ4v) is 5.92. The number of halogens is 4. The van der Waals surface area contributed by atoms with E-state index in [2.05, 4.69) is 34.4 Å². The van der Waals surface area contributed by atoms with Crippen LogP contribution in [0.1, 0.15) is 32.1 Å². The zero-order chi connectivity index (χ0) is 26.4. The molecule has 0 spiro atoms. The number of allylic oxidation sites excluding steroid dienone is 9. The molecule has 38 heavy (non-hydrogen) atoms. The Labute approximate surface area is 246 Å². The van der Waals surface area contributed by atoms with Crippen LogP contribution in [0.4, 0.5) is 10.5 Å². The highest BCUT2D eigenvalue weighted by Crippen LogP contribution is 2.46. The molecule has 202 valence electrons. The number of rotatable bonds is 7. The van der Waals surface area contributed by atoms with E-state index in [4.69, 9.17) is 46.0 Å². The molecule has 8 heteroatoms. The number of hydrogen-bond acceptors (Lipinski definition) is 3. The Balaban J connectivity index is 0.00000400. The molecule has 1 amide bonds.